The predicted octanol–water partition coefficient (Wildman–Crippen LogP) is 5.09. The molecule has 0 aliphatic carbocycles. The van der Waals surface area contributed by atoms with Gasteiger partial charge in [-0.2, -0.15) is 10.1 Å². The maximum absolute atomic E-state index is 13.1. The van der Waals surface area contributed by atoms with E-state index in [9.17, 15) is 4.79 Å². The van der Waals surface area contributed by atoms with Gasteiger partial charge in [-0.25, -0.2) is 4.68 Å². The zero-order chi connectivity index (χ0) is 23.8. The van der Waals surface area contributed by atoms with E-state index in [0.29, 0.717) is 28.9 Å². The Kier molecular flexibility index (Phi) is 5.53. The summed E-state index contributed by atoms with van der Waals surface area (Å²) in [6.07, 6.45) is -0.397. The maximum atomic E-state index is 13.1. The largest absolute Gasteiger partial charge is 0.493 e. The first-order valence-electron chi connectivity index (χ1n) is 11.2. The highest BCUT2D eigenvalue weighted by Gasteiger charge is 2.28. The molecule has 0 spiro atoms. The second kappa shape index (κ2) is 8.67. The second-order valence-electron chi connectivity index (χ2n) is 8.52. The Morgan fingerprint density at radius 1 is 0.941 bits per heavy atom. The Bertz CT molecular complexity index is 1410. The van der Waals surface area contributed by atoms with E-state index >= 15 is 0 Å². The van der Waals surface area contributed by atoms with Crippen molar-refractivity contribution in [2.75, 3.05) is 19.5 Å². The summed E-state index contributed by atoms with van der Waals surface area (Å²) >= 11 is 0. The zero-order valence-corrected chi connectivity index (χ0v) is 19.6. The van der Waals surface area contributed by atoms with Crippen molar-refractivity contribution in [2.45, 2.75) is 25.9 Å². The van der Waals surface area contributed by atoms with Crippen molar-refractivity contribution in [3.05, 3.63) is 88.2 Å². The first-order valence-corrected chi connectivity index (χ1v) is 11.2. The molecule has 34 heavy (non-hydrogen) atoms. The molecular formula is C27H26N4O3. The smallest absolute Gasteiger partial charge is 0.300 e. The minimum Gasteiger partial charge on any atom is -0.493 e. The van der Waals surface area contributed by atoms with E-state index < -0.39 is 6.17 Å². The normalized spacial score (nSPS) is 14.2. The van der Waals surface area contributed by atoms with Gasteiger partial charge in [0, 0.05) is 22.4 Å². The van der Waals surface area contributed by atoms with Gasteiger partial charge in [0.05, 0.1) is 14.2 Å². The quantitative estimate of drug-likeness (QED) is 0.453. The molecule has 3 aromatic carbocycles. The topological polar surface area (TPSA) is 78.3 Å². The van der Waals surface area contributed by atoms with Gasteiger partial charge >= 0.3 is 0 Å². The van der Waals surface area contributed by atoms with Gasteiger partial charge in [-0.15, -0.1) is 0 Å². The summed E-state index contributed by atoms with van der Waals surface area (Å²) in [5.41, 5.74) is 4.50. The number of methoxy groups -OCH3 is 2. The molecule has 0 radical (unpaired) electrons. The molecule has 1 N–H and O–H groups in total. The van der Waals surface area contributed by atoms with Crippen LogP contribution in [0, 0.1) is 0 Å². The predicted molar refractivity (Wildman–Crippen MR) is 133 cm³/mol. The van der Waals surface area contributed by atoms with Crippen LogP contribution in [0.4, 0.5) is 5.69 Å². The van der Waals surface area contributed by atoms with Crippen LogP contribution in [0.1, 0.15) is 37.1 Å². The summed E-state index contributed by atoms with van der Waals surface area (Å²) in [6.45, 7) is 4.28. The van der Waals surface area contributed by atoms with E-state index in [1.54, 1.807) is 18.9 Å². The molecule has 0 unspecified atom stereocenters. The van der Waals surface area contributed by atoms with E-state index in [4.69, 9.17) is 14.6 Å². The number of anilines is 1. The van der Waals surface area contributed by atoms with Crippen LogP contribution in [0.25, 0.3) is 22.6 Å². The van der Waals surface area contributed by atoms with Crippen LogP contribution < -0.4 is 20.3 Å². The second-order valence-corrected chi connectivity index (χ2v) is 8.52. The molecule has 1 aliphatic heterocycles. The summed E-state index contributed by atoms with van der Waals surface area (Å²) < 4.78 is 12.7. The van der Waals surface area contributed by atoms with Gasteiger partial charge in [-0.1, -0.05) is 56.3 Å². The Morgan fingerprint density at radius 3 is 2.38 bits per heavy atom. The average Bonchev–Trinajstić information content (AvgIpc) is 2.87. The third-order valence-electron chi connectivity index (χ3n) is 6.11. The number of aromatic nitrogens is 3. The Balaban J connectivity index is 1.69. The number of ether oxygens (including phenoxy) is 2. The van der Waals surface area contributed by atoms with Crippen molar-refractivity contribution in [1.29, 1.82) is 0 Å². The molecule has 5 rings (SSSR count). The van der Waals surface area contributed by atoms with Gasteiger partial charge in [0.15, 0.2) is 23.0 Å². The van der Waals surface area contributed by atoms with Crippen LogP contribution in [0.15, 0.2) is 71.5 Å². The molecule has 0 fully saturated rings. The van der Waals surface area contributed by atoms with Crippen molar-refractivity contribution in [1.82, 2.24) is 14.8 Å². The highest BCUT2D eigenvalue weighted by atomic mass is 16.5. The summed E-state index contributed by atoms with van der Waals surface area (Å²) in [6, 6.07) is 21.4. The van der Waals surface area contributed by atoms with E-state index in [1.165, 1.54) is 5.56 Å². The molecule has 1 aromatic heterocycles. The standard InChI is InChI=1S/C27H26N4O3/c1-16(2)17-9-11-18(12-10-17)24-27(32)29-26-20-7-5-6-8-21(20)28-25(31(26)30-24)19-13-14-22(33-3)23(15-19)34-4/h5-16,25,28H,1-4H3/t25-/m0/s1. The fraction of sp³-hybridized carbons (Fsp3) is 0.222. The minimum atomic E-state index is -0.397. The number of nitrogens with one attached hydrogen (secondary N) is 1. The van der Waals surface area contributed by atoms with Gasteiger partial charge in [0.2, 0.25) is 0 Å². The van der Waals surface area contributed by atoms with Crippen molar-refractivity contribution in [3.63, 3.8) is 0 Å². The van der Waals surface area contributed by atoms with Crippen molar-refractivity contribution < 1.29 is 9.47 Å². The average molecular weight is 455 g/mol. The minimum absolute atomic E-state index is 0.311. The van der Waals surface area contributed by atoms with Crippen molar-refractivity contribution in [2.24, 2.45) is 0 Å². The number of benzene rings is 3. The Hall–Kier alpha value is -4.13. The third-order valence-corrected chi connectivity index (χ3v) is 6.11. The van der Waals surface area contributed by atoms with Gasteiger partial charge < -0.3 is 14.8 Å². The molecule has 7 nitrogen and oxygen atoms in total. The monoisotopic (exact) mass is 454 g/mol. The fourth-order valence-corrected chi connectivity index (χ4v) is 4.23. The van der Waals surface area contributed by atoms with Crippen LogP contribution in [0.2, 0.25) is 0 Å². The van der Waals surface area contributed by atoms with Gasteiger partial charge in [-0.3, -0.25) is 4.79 Å². The van der Waals surface area contributed by atoms with Gasteiger partial charge in [0.25, 0.3) is 5.56 Å². The molecule has 1 aliphatic rings. The number of fused-ring (bicyclic) bond motifs is 3. The Labute approximate surface area is 198 Å². The van der Waals surface area contributed by atoms with Crippen LogP contribution in [0.5, 0.6) is 11.5 Å². The van der Waals surface area contributed by atoms with Crippen molar-refractivity contribution in [3.8, 4) is 34.1 Å². The summed E-state index contributed by atoms with van der Waals surface area (Å²) in [4.78, 5) is 17.6. The van der Waals surface area contributed by atoms with E-state index in [1.807, 2.05) is 66.7 Å². The summed E-state index contributed by atoms with van der Waals surface area (Å²) in [5.74, 6) is 2.17. The van der Waals surface area contributed by atoms with Gasteiger partial charge in [0.1, 0.15) is 6.17 Å². The molecule has 0 saturated heterocycles. The Morgan fingerprint density at radius 2 is 1.68 bits per heavy atom. The fourth-order valence-electron chi connectivity index (χ4n) is 4.23. The molecule has 4 aromatic rings. The molecule has 0 saturated carbocycles. The molecular weight excluding hydrogens is 428 g/mol. The lowest BCUT2D eigenvalue weighted by Gasteiger charge is -2.31. The third kappa shape index (κ3) is 3.69. The molecule has 7 heteroatoms. The molecule has 2 heterocycles. The lowest BCUT2D eigenvalue weighted by atomic mass is 10.0. The first kappa shape index (κ1) is 21.7. The van der Waals surface area contributed by atoms with E-state index in [-0.39, 0.29) is 5.56 Å². The molecule has 1 atom stereocenters. The van der Waals surface area contributed by atoms with E-state index in [0.717, 1.165) is 22.4 Å². The van der Waals surface area contributed by atoms with Crippen molar-refractivity contribution >= 4 is 5.69 Å². The lowest BCUT2D eigenvalue weighted by molar-refractivity contribution is 0.354. The van der Waals surface area contributed by atoms with Crippen LogP contribution in [0.3, 0.4) is 0 Å². The van der Waals surface area contributed by atoms with Crippen LogP contribution >= 0.6 is 0 Å². The summed E-state index contributed by atoms with van der Waals surface area (Å²) in [7, 11) is 3.21. The summed E-state index contributed by atoms with van der Waals surface area (Å²) in [5, 5.41) is 8.36. The zero-order valence-electron chi connectivity index (χ0n) is 19.6. The molecule has 172 valence electrons. The number of para-hydroxylation sites is 1. The van der Waals surface area contributed by atoms with Gasteiger partial charge in [-0.05, 0) is 35.7 Å². The number of hydrogen-bond donors (Lipinski definition) is 1. The van der Waals surface area contributed by atoms with E-state index in [2.05, 4.69) is 24.1 Å². The SMILES string of the molecule is COc1ccc([C@H]2Nc3ccccc3-c3nc(=O)c(-c4ccc(C(C)C)cc4)nn32)cc1OC. The van der Waals surface area contributed by atoms with Crippen LogP contribution in [-0.4, -0.2) is 29.0 Å². The highest BCUT2D eigenvalue weighted by Crippen LogP contribution is 2.38. The number of hydrogen-bond acceptors (Lipinski definition) is 6. The molecule has 0 bridgehead atoms. The van der Waals surface area contributed by atoms with Crippen LogP contribution in [-0.2, 0) is 0 Å². The maximum Gasteiger partial charge on any atom is 0.300 e. The molecule has 0 amide bonds. The lowest BCUT2D eigenvalue weighted by Crippen LogP contribution is -2.32. The highest BCUT2D eigenvalue weighted by molar-refractivity contribution is 5.76. The number of nitrogens with zero attached hydrogens (tertiary/aromatic N) is 3. The first-order chi connectivity index (χ1) is 16.5. The number of rotatable bonds is 5.